The van der Waals surface area contributed by atoms with Gasteiger partial charge in [-0.15, -0.1) is 10.2 Å². The predicted molar refractivity (Wildman–Crippen MR) is 114 cm³/mol. The number of benzene rings is 1. The molecule has 11 heteroatoms. The van der Waals surface area contributed by atoms with E-state index in [1.807, 2.05) is 0 Å². The zero-order valence-electron chi connectivity index (χ0n) is 18.3. The first-order valence-electron chi connectivity index (χ1n) is 9.96. The molecule has 0 spiro atoms. The number of fused-ring (bicyclic) bond motifs is 1. The Hall–Kier alpha value is -4.02. The second-order valence-electron chi connectivity index (χ2n) is 7.99. The first kappa shape index (κ1) is 22.2. The van der Waals surface area contributed by atoms with Gasteiger partial charge >= 0.3 is 5.97 Å². The fourth-order valence-corrected chi connectivity index (χ4v) is 3.44. The summed E-state index contributed by atoms with van der Waals surface area (Å²) in [4.78, 5) is 31.6. The van der Waals surface area contributed by atoms with Crippen molar-refractivity contribution in [2.45, 2.75) is 32.7 Å². The summed E-state index contributed by atoms with van der Waals surface area (Å²) in [5.41, 5.74) is -1.27. The number of hydrogen-bond acceptors (Lipinski definition) is 7. The maximum absolute atomic E-state index is 14.4. The quantitative estimate of drug-likeness (QED) is 0.461. The van der Waals surface area contributed by atoms with Crippen molar-refractivity contribution in [3.05, 3.63) is 69.3 Å². The van der Waals surface area contributed by atoms with Crippen LogP contribution < -0.4 is 5.56 Å². The van der Waals surface area contributed by atoms with Gasteiger partial charge in [-0.25, -0.2) is 18.4 Å². The van der Waals surface area contributed by atoms with Crippen molar-refractivity contribution >= 4 is 17.0 Å². The van der Waals surface area contributed by atoms with E-state index in [-0.39, 0.29) is 40.5 Å². The summed E-state index contributed by atoms with van der Waals surface area (Å²) in [6.45, 7) is 4.49. The number of pyridine rings is 1. The number of halogens is 2. The molecule has 1 aromatic carbocycles. The molecule has 4 aromatic rings. The molecule has 0 saturated carbocycles. The van der Waals surface area contributed by atoms with Crippen LogP contribution in [0, 0.1) is 18.6 Å². The smallest absolute Gasteiger partial charge is 0.317 e. The van der Waals surface area contributed by atoms with Gasteiger partial charge in [0, 0.05) is 5.56 Å². The molecule has 0 fully saturated rings. The summed E-state index contributed by atoms with van der Waals surface area (Å²) in [7, 11) is 1.21. The van der Waals surface area contributed by atoms with Crippen molar-refractivity contribution in [3.63, 3.8) is 0 Å². The lowest BCUT2D eigenvalue weighted by Crippen LogP contribution is -2.38. The molecule has 0 aliphatic carbocycles. The highest BCUT2D eigenvalue weighted by atomic mass is 19.1. The van der Waals surface area contributed by atoms with Crippen LogP contribution in [0.15, 0.2) is 35.1 Å². The van der Waals surface area contributed by atoms with Crippen molar-refractivity contribution in [3.8, 4) is 11.5 Å². The Morgan fingerprint density at radius 1 is 1.18 bits per heavy atom. The van der Waals surface area contributed by atoms with E-state index in [9.17, 15) is 18.4 Å². The number of nitrogens with one attached hydrogen (secondary N) is 1. The minimum Gasteiger partial charge on any atom is -0.468 e. The highest BCUT2D eigenvalue weighted by Gasteiger charge is 2.36. The third kappa shape index (κ3) is 3.86. The van der Waals surface area contributed by atoms with Gasteiger partial charge in [-0.05, 0) is 32.9 Å². The van der Waals surface area contributed by atoms with Crippen LogP contribution in [0.4, 0.5) is 8.78 Å². The van der Waals surface area contributed by atoms with Crippen molar-refractivity contribution < 1.29 is 18.3 Å². The van der Waals surface area contributed by atoms with E-state index in [4.69, 9.17) is 4.74 Å². The average molecular weight is 454 g/mol. The molecular weight excluding hydrogens is 434 g/mol. The monoisotopic (exact) mass is 454 g/mol. The number of carbonyl (C=O) groups excluding carboxylic acids is 1. The van der Waals surface area contributed by atoms with E-state index in [1.54, 1.807) is 18.2 Å². The molecule has 0 aliphatic rings. The fourth-order valence-electron chi connectivity index (χ4n) is 3.44. The van der Waals surface area contributed by atoms with Gasteiger partial charge in [-0.2, -0.15) is 5.10 Å². The van der Waals surface area contributed by atoms with Crippen LogP contribution in [0.2, 0.25) is 0 Å². The molecule has 33 heavy (non-hydrogen) atoms. The number of H-pyrrole nitrogens is 1. The minimum atomic E-state index is -1.34. The molecule has 0 unspecified atom stereocenters. The van der Waals surface area contributed by atoms with Crippen LogP contribution in [0.3, 0.4) is 0 Å². The number of hydrogen-bond donors (Lipinski definition) is 1. The molecule has 0 saturated heterocycles. The van der Waals surface area contributed by atoms with Crippen molar-refractivity contribution in [1.29, 1.82) is 0 Å². The second-order valence-corrected chi connectivity index (χ2v) is 7.99. The number of aromatic nitrogens is 6. The van der Waals surface area contributed by atoms with Crippen molar-refractivity contribution in [2.75, 3.05) is 7.11 Å². The highest BCUT2D eigenvalue weighted by Crippen LogP contribution is 2.27. The molecule has 3 aromatic heterocycles. The molecule has 0 radical (unpaired) electrons. The van der Waals surface area contributed by atoms with E-state index in [1.165, 1.54) is 44.7 Å². The minimum absolute atomic E-state index is 0.0202. The Morgan fingerprint density at radius 3 is 2.58 bits per heavy atom. The maximum atomic E-state index is 14.4. The van der Waals surface area contributed by atoms with Gasteiger partial charge in [0.25, 0.3) is 5.56 Å². The Kier molecular flexibility index (Phi) is 5.48. The fraction of sp³-hybridized carbons (Fsp3) is 0.273. The summed E-state index contributed by atoms with van der Waals surface area (Å²) in [5.74, 6) is -1.71. The van der Waals surface area contributed by atoms with Crippen molar-refractivity contribution in [2.24, 2.45) is 0 Å². The summed E-state index contributed by atoms with van der Waals surface area (Å²) < 4.78 is 34.7. The van der Waals surface area contributed by atoms with Gasteiger partial charge < -0.3 is 9.72 Å². The second kappa shape index (κ2) is 8.15. The van der Waals surface area contributed by atoms with Gasteiger partial charge in [0.15, 0.2) is 11.5 Å². The molecule has 170 valence electrons. The number of nitrogens with zero attached hydrogens (tertiary/aromatic N) is 5. The summed E-state index contributed by atoms with van der Waals surface area (Å²) >= 11 is 0. The van der Waals surface area contributed by atoms with Crippen LogP contribution in [0.5, 0.6) is 0 Å². The van der Waals surface area contributed by atoms with Gasteiger partial charge in [0.1, 0.15) is 28.4 Å². The molecule has 1 N–H and O–H groups in total. The third-order valence-corrected chi connectivity index (χ3v) is 5.34. The lowest BCUT2D eigenvalue weighted by Gasteiger charge is -2.18. The molecule has 0 aliphatic heterocycles. The van der Waals surface area contributed by atoms with Crippen molar-refractivity contribution in [1.82, 2.24) is 29.9 Å². The van der Waals surface area contributed by atoms with Crippen LogP contribution >= 0.6 is 0 Å². The largest absolute Gasteiger partial charge is 0.468 e. The van der Waals surface area contributed by atoms with E-state index in [2.05, 4.69) is 25.3 Å². The van der Waals surface area contributed by atoms with E-state index >= 15 is 0 Å². The van der Waals surface area contributed by atoms with Crippen LogP contribution in [-0.4, -0.2) is 43.0 Å². The number of aromatic amines is 1. The standard InChI is InChI=1S/C22H20F2N6O3/c1-11-15(24)9-13-16(18-26-20(31)17(27-28-18)22(2,3)21(32)33-4)29-30(19(13)25-11)10-12-7-5-6-8-14(12)23/h5-9H,10H2,1-4H3,(H,26,28,31). The Bertz CT molecular complexity index is 1440. The number of esters is 1. The molecule has 0 amide bonds. The van der Waals surface area contributed by atoms with Crippen LogP contribution in [0.25, 0.3) is 22.6 Å². The molecule has 3 heterocycles. The zero-order chi connectivity index (χ0) is 23.9. The molecule has 9 nitrogen and oxygen atoms in total. The third-order valence-electron chi connectivity index (χ3n) is 5.34. The number of methoxy groups -OCH3 is 1. The Morgan fingerprint density at radius 2 is 1.91 bits per heavy atom. The molecular formula is C22H20F2N6O3. The van der Waals surface area contributed by atoms with E-state index in [0.29, 0.717) is 5.56 Å². The molecule has 0 atom stereocenters. The normalized spacial score (nSPS) is 11.7. The SMILES string of the molecule is COC(=O)C(C)(C)c1nnc(-c2nn(Cc3ccccc3F)c3nc(C)c(F)cc23)[nH]c1=O. The lowest BCUT2D eigenvalue weighted by molar-refractivity contribution is -0.146. The summed E-state index contributed by atoms with van der Waals surface area (Å²) in [5, 5.41) is 12.6. The number of carbonyl (C=O) groups is 1. The van der Waals surface area contributed by atoms with Gasteiger partial charge in [-0.3, -0.25) is 9.59 Å². The molecule has 0 bridgehead atoms. The lowest BCUT2D eigenvalue weighted by atomic mass is 9.90. The number of ether oxygens (including phenoxy) is 1. The van der Waals surface area contributed by atoms with E-state index in [0.717, 1.165) is 0 Å². The Labute approximate surface area is 186 Å². The number of aryl methyl sites for hydroxylation is 1. The topological polar surface area (TPSA) is 116 Å². The summed E-state index contributed by atoms with van der Waals surface area (Å²) in [6, 6.07) is 7.41. The number of rotatable bonds is 5. The maximum Gasteiger partial charge on any atom is 0.317 e. The zero-order valence-corrected chi connectivity index (χ0v) is 18.3. The van der Waals surface area contributed by atoms with Crippen LogP contribution in [-0.2, 0) is 21.5 Å². The predicted octanol–water partition coefficient (Wildman–Crippen LogP) is 2.66. The first-order chi connectivity index (χ1) is 15.6. The first-order valence-corrected chi connectivity index (χ1v) is 9.96. The Balaban J connectivity index is 1.87. The molecule has 4 rings (SSSR count). The highest BCUT2D eigenvalue weighted by molar-refractivity contribution is 5.89. The van der Waals surface area contributed by atoms with Gasteiger partial charge in [-0.1, -0.05) is 18.2 Å². The van der Waals surface area contributed by atoms with E-state index < -0.39 is 28.6 Å². The van der Waals surface area contributed by atoms with Gasteiger partial charge in [0.05, 0.1) is 24.7 Å². The van der Waals surface area contributed by atoms with Gasteiger partial charge in [0.2, 0.25) is 0 Å². The summed E-state index contributed by atoms with van der Waals surface area (Å²) in [6.07, 6.45) is 0. The van der Waals surface area contributed by atoms with Crippen LogP contribution in [0.1, 0.15) is 30.8 Å². The average Bonchev–Trinajstić information content (AvgIpc) is 3.11.